The molecule has 2 heterocycles. The third-order valence-corrected chi connectivity index (χ3v) is 5.69. The van der Waals surface area contributed by atoms with Gasteiger partial charge in [-0.15, -0.1) is 5.10 Å². The molecule has 0 saturated carbocycles. The predicted octanol–water partition coefficient (Wildman–Crippen LogP) is 3.21. The molecule has 0 N–H and O–H groups in total. The molecule has 2 aromatic carbocycles. The molecule has 0 aliphatic carbocycles. The minimum Gasteiger partial charge on any atom is -0.493 e. The molecule has 0 spiro atoms. The highest BCUT2D eigenvalue weighted by Gasteiger charge is 2.43. The molecule has 1 aliphatic rings. The summed E-state index contributed by atoms with van der Waals surface area (Å²) in [6.07, 6.45) is 0.533. The van der Waals surface area contributed by atoms with Crippen LogP contribution >= 0.6 is 0 Å². The van der Waals surface area contributed by atoms with Crippen LogP contribution in [0, 0.1) is 5.92 Å². The molecule has 0 bridgehead atoms. The summed E-state index contributed by atoms with van der Waals surface area (Å²) in [6.45, 7) is 4.59. The van der Waals surface area contributed by atoms with Gasteiger partial charge < -0.3 is 14.4 Å². The third-order valence-electron chi connectivity index (χ3n) is 5.69. The summed E-state index contributed by atoms with van der Waals surface area (Å²) in [5, 5.41) is 12.4. The summed E-state index contributed by atoms with van der Waals surface area (Å²) in [4.78, 5) is 15.6. The van der Waals surface area contributed by atoms with Gasteiger partial charge in [-0.05, 0) is 39.6 Å². The molecule has 0 radical (unpaired) electrons. The highest BCUT2D eigenvalue weighted by molar-refractivity contribution is 5.82. The first-order valence-corrected chi connectivity index (χ1v) is 10.4. The largest absolute Gasteiger partial charge is 0.493 e. The highest BCUT2D eigenvalue weighted by Crippen LogP contribution is 2.37. The van der Waals surface area contributed by atoms with Gasteiger partial charge in [0.25, 0.3) is 0 Å². The maximum absolute atomic E-state index is 13.7. The minimum atomic E-state index is -0.484. The van der Waals surface area contributed by atoms with Crippen LogP contribution in [0.2, 0.25) is 0 Å². The van der Waals surface area contributed by atoms with Crippen molar-refractivity contribution in [2.75, 3.05) is 14.2 Å². The van der Waals surface area contributed by atoms with E-state index in [4.69, 9.17) is 9.47 Å². The number of ether oxygens (including phenoxy) is 2. The molecule has 8 heteroatoms. The number of amides is 1. The van der Waals surface area contributed by atoms with Gasteiger partial charge in [0, 0.05) is 13.0 Å². The molecule has 2 unspecified atom stereocenters. The maximum atomic E-state index is 13.7. The van der Waals surface area contributed by atoms with Crippen molar-refractivity contribution < 1.29 is 14.3 Å². The molecule has 0 fully saturated rings. The van der Waals surface area contributed by atoms with E-state index in [1.165, 1.54) is 0 Å². The van der Waals surface area contributed by atoms with Crippen molar-refractivity contribution in [2.24, 2.45) is 5.92 Å². The summed E-state index contributed by atoms with van der Waals surface area (Å²) in [7, 11) is 3.21. The van der Waals surface area contributed by atoms with E-state index in [2.05, 4.69) is 29.4 Å². The topological polar surface area (TPSA) is 82.4 Å². The van der Waals surface area contributed by atoms with Crippen LogP contribution in [0.15, 0.2) is 48.5 Å². The van der Waals surface area contributed by atoms with Crippen molar-refractivity contribution >= 4 is 5.91 Å². The van der Waals surface area contributed by atoms with E-state index in [1.807, 2.05) is 53.4 Å². The molecular weight excluding hydrogens is 394 g/mol. The SMILES string of the molecule is COc1ccc(CN2C(=O)C(Cc3ccccc3)n3nnnc3C2C(C)C)cc1OC. The van der Waals surface area contributed by atoms with Crippen molar-refractivity contribution in [1.82, 2.24) is 25.1 Å². The zero-order valence-electron chi connectivity index (χ0n) is 18.2. The van der Waals surface area contributed by atoms with Crippen LogP contribution in [0.4, 0.5) is 0 Å². The Bertz CT molecular complexity index is 1050. The van der Waals surface area contributed by atoms with Gasteiger partial charge in [0.1, 0.15) is 6.04 Å². The standard InChI is InChI=1S/C23H27N5O3/c1-15(2)21-22-24-25-26-28(22)18(12-16-8-6-5-7-9-16)23(29)27(21)14-17-10-11-19(30-3)20(13-17)31-4/h5-11,13,15,18,21H,12,14H2,1-4H3. The van der Waals surface area contributed by atoms with E-state index in [1.54, 1.807) is 18.9 Å². The average Bonchev–Trinajstić information content (AvgIpc) is 3.26. The van der Waals surface area contributed by atoms with E-state index < -0.39 is 6.04 Å². The van der Waals surface area contributed by atoms with Crippen LogP contribution in [0.25, 0.3) is 0 Å². The lowest BCUT2D eigenvalue weighted by atomic mass is 9.94. The van der Waals surface area contributed by atoms with Gasteiger partial charge in [-0.1, -0.05) is 50.2 Å². The number of carbonyl (C=O) groups excluding carboxylic acids is 1. The Morgan fingerprint density at radius 1 is 1.00 bits per heavy atom. The summed E-state index contributed by atoms with van der Waals surface area (Å²) >= 11 is 0. The first-order chi connectivity index (χ1) is 15.0. The number of fused-ring (bicyclic) bond motifs is 1. The molecule has 4 rings (SSSR count). The van der Waals surface area contributed by atoms with Crippen LogP contribution in [-0.2, 0) is 17.8 Å². The van der Waals surface area contributed by atoms with E-state index in [0.29, 0.717) is 24.5 Å². The maximum Gasteiger partial charge on any atom is 0.248 e. The van der Waals surface area contributed by atoms with Gasteiger partial charge in [-0.2, -0.15) is 0 Å². The van der Waals surface area contributed by atoms with Crippen LogP contribution in [0.3, 0.4) is 0 Å². The van der Waals surface area contributed by atoms with Crippen LogP contribution in [-0.4, -0.2) is 45.2 Å². The Morgan fingerprint density at radius 3 is 2.42 bits per heavy atom. The number of benzene rings is 2. The molecule has 0 saturated heterocycles. The monoisotopic (exact) mass is 421 g/mol. The smallest absolute Gasteiger partial charge is 0.248 e. The van der Waals surface area contributed by atoms with E-state index in [-0.39, 0.29) is 17.9 Å². The molecular formula is C23H27N5O3. The number of methoxy groups -OCH3 is 2. The summed E-state index contributed by atoms with van der Waals surface area (Å²) in [6, 6.07) is 15.0. The molecule has 1 amide bonds. The fourth-order valence-electron chi connectivity index (χ4n) is 4.21. The van der Waals surface area contributed by atoms with Crippen molar-refractivity contribution in [1.29, 1.82) is 0 Å². The lowest BCUT2D eigenvalue weighted by Crippen LogP contribution is -2.48. The normalized spacial score (nSPS) is 18.2. The second-order valence-electron chi connectivity index (χ2n) is 8.03. The molecule has 3 aromatic rings. The Balaban J connectivity index is 1.71. The van der Waals surface area contributed by atoms with Gasteiger partial charge in [0.15, 0.2) is 17.3 Å². The quantitative estimate of drug-likeness (QED) is 0.583. The number of carbonyl (C=O) groups is 1. The van der Waals surface area contributed by atoms with E-state index in [9.17, 15) is 4.79 Å². The predicted molar refractivity (Wildman–Crippen MR) is 115 cm³/mol. The Hall–Kier alpha value is -3.42. The van der Waals surface area contributed by atoms with Crippen molar-refractivity contribution in [3.63, 3.8) is 0 Å². The Kier molecular flexibility index (Phi) is 5.88. The van der Waals surface area contributed by atoms with Gasteiger partial charge >= 0.3 is 0 Å². The number of nitrogens with zero attached hydrogens (tertiary/aromatic N) is 5. The fraction of sp³-hybridized carbons (Fsp3) is 0.391. The van der Waals surface area contributed by atoms with Gasteiger partial charge in [0.2, 0.25) is 5.91 Å². The lowest BCUT2D eigenvalue weighted by Gasteiger charge is -2.40. The first-order valence-electron chi connectivity index (χ1n) is 10.4. The van der Waals surface area contributed by atoms with Crippen molar-refractivity contribution in [3.05, 3.63) is 65.5 Å². The second-order valence-corrected chi connectivity index (χ2v) is 8.03. The summed E-state index contributed by atoms with van der Waals surface area (Å²) in [5.74, 6) is 2.17. The van der Waals surface area contributed by atoms with Gasteiger partial charge in [-0.3, -0.25) is 4.79 Å². The van der Waals surface area contributed by atoms with E-state index in [0.717, 1.165) is 17.0 Å². The summed E-state index contributed by atoms with van der Waals surface area (Å²) < 4.78 is 12.5. The van der Waals surface area contributed by atoms with Gasteiger partial charge in [-0.25, -0.2) is 4.68 Å². The number of aromatic nitrogens is 4. The Labute approximate surface area is 181 Å². The molecule has 2 atom stereocenters. The van der Waals surface area contributed by atoms with Crippen LogP contribution < -0.4 is 9.47 Å². The number of tetrazole rings is 1. The second kappa shape index (κ2) is 8.75. The fourth-order valence-corrected chi connectivity index (χ4v) is 4.21. The van der Waals surface area contributed by atoms with Gasteiger partial charge in [0.05, 0.1) is 20.3 Å². The first kappa shape index (κ1) is 20.8. The number of hydrogen-bond acceptors (Lipinski definition) is 6. The van der Waals surface area contributed by atoms with Crippen LogP contribution in [0.5, 0.6) is 11.5 Å². The zero-order chi connectivity index (χ0) is 22.0. The molecule has 1 aromatic heterocycles. The van der Waals surface area contributed by atoms with E-state index >= 15 is 0 Å². The zero-order valence-corrected chi connectivity index (χ0v) is 18.2. The minimum absolute atomic E-state index is 0.0112. The highest BCUT2D eigenvalue weighted by atomic mass is 16.5. The molecule has 1 aliphatic heterocycles. The number of hydrogen-bond donors (Lipinski definition) is 0. The van der Waals surface area contributed by atoms with Crippen molar-refractivity contribution in [3.8, 4) is 11.5 Å². The average molecular weight is 422 g/mol. The van der Waals surface area contributed by atoms with Crippen LogP contribution in [0.1, 0.15) is 42.9 Å². The molecule has 31 heavy (non-hydrogen) atoms. The lowest BCUT2D eigenvalue weighted by molar-refractivity contribution is -0.142. The molecule has 8 nitrogen and oxygen atoms in total. The summed E-state index contributed by atoms with van der Waals surface area (Å²) in [5.41, 5.74) is 2.02. The number of rotatable bonds is 7. The Morgan fingerprint density at radius 2 is 1.74 bits per heavy atom. The third kappa shape index (κ3) is 3.97. The molecule has 162 valence electrons. The van der Waals surface area contributed by atoms with Crippen molar-refractivity contribution in [2.45, 2.75) is 38.9 Å².